The number of nitrogens with two attached hydrogens (primary N) is 3. The second kappa shape index (κ2) is 15.0. The molecule has 0 bridgehead atoms. The zero-order valence-corrected chi connectivity index (χ0v) is 14.9. The maximum absolute atomic E-state index is 11.6. The minimum atomic E-state index is -1.36. The van der Waals surface area contributed by atoms with E-state index in [4.69, 9.17) is 27.4 Å². The van der Waals surface area contributed by atoms with Gasteiger partial charge in [0, 0.05) is 19.3 Å². The predicted octanol–water partition coefficient (Wildman–Crippen LogP) is -3.03. The summed E-state index contributed by atoms with van der Waals surface area (Å²) >= 11 is 0. The van der Waals surface area contributed by atoms with Gasteiger partial charge in [-0.05, 0) is 19.3 Å². The van der Waals surface area contributed by atoms with E-state index in [1.807, 2.05) is 0 Å². The number of carbonyl (C=O) groups excluding carboxylic acids is 4. The maximum atomic E-state index is 11.6. The van der Waals surface area contributed by atoms with E-state index >= 15 is 0 Å². The zero-order valence-electron chi connectivity index (χ0n) is 14.9. The quantitative estimate of drug-likeness (QED) is 0.118. The summed E-state index contributed by atoms with van der Waals surface area (Å²) < 4.78 is 8.81. The first-order valence-corrected chi connectivity index (χ1v) is 8.14. The van der Waals surface area contributed by atoms with E-state index in [-0.39, 0.29) is 55.2 Å². The van der Waals surface area contributed by atoms with Crippen LogP contribution in [0.25, 0.3) is 0 Å². The third-order valence-electron chi connectivity index (χ3n) is 3.36. The Morgan fingerprint density at radius 2 is 0.931 bits per heavy atom. The van der Waals surface area contributed by atoms with Crippen LogP contribution in [0.2, 0.25) is 0 Å². The number of hydrogen-bond acceptors (Lipinski definition) is 11. The molecule has 3 atom stereocenters. The molecule has 0 radical (unpaired) electrons. The van der Waals surface area contributed by atoms with Crippen molar-refractivity contribution in [2.24, 2.45) is 17.2 Å². The fourth-order valence-electron chi connectivity index (χ4n) is 1.65. The van der Waals surface area contributed by atoms with Crippen LogP contribution in [0.1, 0.15) is 38.5 Å². The molecule has 0 aliphatic rings. The third-order valence-corrected chi connectivity index (χ3v) is 3.36. The van der Waals surface area contributed by atoms with Crippen LogP contribution in [0, 0.1) is 0 Å². The van der Waals surface area contributed by atoms with E-state index in [0.717, 1.165) is 0 Å². The minimum absolute atomic E-state index is 0. The fraction of sp³-hybridized carbons (Fsp3) is 0.600. The van der Waals surface area contributed by atoms with Crippen molar-refractivity contribution < 1.29 is 48.5 Å². The molecule has 0 aliphatic carbocycles. The van der Waals surface area contributed by atoms with Crippen LogP contribution in [0.15, 0.2) is 0 Å². The van der Waals surface area contributed by atoms with Gasteiger partial charge in [0.2, 0.25) is 0 Å². The Kier molecular flexibility index (Phi) is 15.2. The van der Waals surface area contributed by atoms with Gasteiger partial charge in [0.15, 0.2) is 0 Å². The zero-order chi connectivity index (χ0) is 21.9. The molecule has 0 aromatic rings. The summed E-state index contributed by atoms with van der Waals surface area (Å²) in [7, 11) is 0. The van der Waals surface area contributed by atoms with Crippen LogP contribution in [0.4, 0.5) is 0 Å². The van der Waals surface area contributed by atoms with Crippen LogP contribution >= 0.6 is 0 Å². The van der Waals surface area contributed by atoms with E-state index in [0.29, 0.717) is 0 Å². The standard InChI is InChI=1S/C15H23N3O10.Na.H/c16-7(13(22)23)1-4-10(19)27-11(20)6-3-9(18)15(26)28-12(21)5-2-8(17)14(24)25;;/h7-9H,1-6,16-18H2,(H,22,23)(H,24,25);;/t7-,8-,9+;;/m0../s1. The Bertz CT molecular complexity index is 627. The molecule has 13 nitrogen and oxygen atoms in total. The van der Waals surface area contributed by atoms with E-state index in [2.05, 4.69) is 9.47 Å². The number of carboxylic acid groups (broad SMARTS) is 2. The molecule has 0 heterocycles. The van der Waals surface area contributed by atoms with Crippen LogP contribution in [-0.2, 0) is 38.2 Å². The molecule has 0 fully saturated rings. The molecule has 0 unspecified atom stereocenters. The number of esters is 4. The first-order chi connectivity index (χ1) is 12.9. The Morgan fingerprint density at radius 3 is 1.28 bits per heavy atom. The number of hydrogen-bond donors (Lipinski definition) is 5. The molecule has 160 valence electrons. The Morgan fingerprint density at radius 1 is 0.621 bits per heavy atom. The number of carboxylic acids is 2. The average molecular weight is 429 g/mol. The summed E-state index contributed by atoms with van der Waals surface area (Å²) in [6, 6.07) is -3.91. The molecule has 0 amide bonds. The number of ether oxygens (including phenoxy) is 2. The van der Waals surface area contributed by atoms with Gasteiger partial charge in [-0.25, -0.2) is 4.79 Å². The summed E-state index contributed by atoms with van der Waals surface area (Å²) in [5, 5.41) is 17.1. The van der Waals surface area contributed by atoms with Gasteiger partial charge < -0.3 is 36.9 Å². The molecule has 14 heteroatoms. The SMILES string of the molecule is N[C@H](CCC(=O)OC(=O)CC[C@H](N)C(=O)O)C(=O)OC(=O)CC[C@H](N)C(=O)O.[NaH]. The van der Waals surface area contributed by atoms with Crippen LogP contribution in [0.5, 0.6) is 0 Å². The molecule has 8 N–H and O–H groups in total. The van der Waals surface area contributed by atoms with Crippen molar-refractivity contribution in [3.8, 4) is 0 Å². The second-order valence-corrected chi connectivity index (χ2v) is 5.75. The average Bonchev–Trinajstić information content (AvgIpc) is 2.61. The molecule has 0 rings (SSSR count). The molecule has 0 saturated carbocycles. The molecular weight excluding hydrogens is 405 g/mol. The van der Waals surface area contributed by atoms with Crippen molar-refractivity contribution in [2.75, 3.05) is 0 Å². The van der Waals surface area contributed by atoms with Gasteiger partial charge in [-0.1, -0.05) is 0 Å². The molecule has 0 aromatic heterocycles. The summed E-state index contributed by atoms with van der Waals surface area (Å²) in [5.74, 6) is -6.76. The van der Waals surface area contributed by atoms with Crippen LogP contribution < -0.4 is 17.2 Å². The van der Waals surface area contributed by atoms with Gasteiger partial charge in [-0.3, -0.25) is 24.0 Å². The van der Waals surface area contributed by atoms with Gasteiger partial charge in [0.05, 0.1) is 0 Å². The van der Waals surface area contributed by atoms with Gasteiger partial charge >= 0.3 is 65.4 Å². The Hall–Kier alpha value is -1.90. The van der Waals surface area contributed by atoms with Crippen molar-refractivity contribution >= 4 is 65.4 Å². The summed E-state index contributed by atoms with van der Waals surface area (Å²) in [5.41, 5.74) is 15.9. The van der Waals surface area contributed by atoms with Crippen molar-refractivity contribution in [2.45, 2.75) is 56.7 Å². The summed E-state index contributed by atoms with van der Waals surface area (Å²) in [6.45, 7) is 0. The predicted molar refractivity (Wildman–Crippen MR) is 96.2 cm³/mol. The van der Waals surface area contributed by atoms with Crippen molar-refractivity contribution in [3.63, 3.8) is 0 Å². The van der Waals surface area contributed by atoms with Gasteiger partial charge in [0.25, 0.3) is 0 Å². The normalized spacial score (nSPS) is 13.2. The van der Waals surface area contributed by atoms with Gasteiger partial charge in [-0.2, -0.15) is 0 Å². The Balaban J connectivity index is 0. The summed E-state index contributed by atoms with van der Waals surface area (Å²) in [4.78, 5) is 66.9. The number of carbonyl (C=O) groups is 6. The van der Waals surface area contributed by atoms with Crippen molar-refractivity contribution in [1.82, 2.24) is 0 Å². The van der Waals surface area contributed by atoms with Crippen LogP contribution in [0.3, 0.4) is 0 Å². The van der Waals surface area contributed by atoms with E-state index in [1.54, 1.807) is 0 Å². The third kappa shape index (κ3) is 13.8. The molecule has 0 aliphatic heterocycles. The topological polar surface area (TPSA) is 239 Å². The monoisotopic (exact) mass is 429 g/mol. The van der Waals surface area contributed by atoms with Crippen molar-refractivity contribution in [3.05, 3.63) is 0 Å². The molecule has 0 spiro atoms. The van der Waals surface area contributed by atoms with Gasteiger partial charge in [-0.15, -0.1) is 0 Å². The van der Waals surface area contributed by atoms with E-state index < -0.39 is 66.8 Å². The first kappa shape index (κ1) is 29.3. The molecule has 29 heavy (non-hydrogen) atoms. The molecule has 0 aromatic carbocycles. The fourth-order valence-corrected chi connectivity index (χ4v) is 1.65. The van der Waals surface area contributed by atoms with E-state index in [9.17, 15) is 28.8 Å². The number of aliphatic carboxylic acids is 2. The van der Waals surface area contributed by atoms with Gasteiger partial charge in [0.1, 0.15) is 18.1 Å². The number of rotatable bonds is 12. The van der Waals surface area contributed by atoms with Crippen molar-refractivity contribution in [1.29, 1.82) is 0 Å². The first-order valence-electron chi connectivity index (χ1n) is 8.14. The Labute approximate surface area is 187 Å². The van der Waals surface area contributed by atoms with E-state index in [1.165, 1.54) is 0 Å². The van der Waals surface area contributed by atoms with Crippen LogP contribution in [-0.4, -0.2) is 93.7 Å². The molecule has 0 saturated heterocycles. The molecular formula is C15H24N3NaO10. The summed E-state index contributed by atoms with van der Waals surface area (Å²) in [6.07, 6.45) is -1.99. The second-order valence-electron chi connectivity index (χ2n) is 5.75.